The number of hydrogen-bond acceptors (Lipinski definition) is 5. The SMILES string of the molecule is CCS(=O)(=O)c1ccc(C(=O)N2CCC(C(=O)Nc3cc(C)ccn3)CC2)cc1. The maximum atomic E-state index is 12.7. The average Bonchev–Trinajstić information content (AvgIpc) is 2.73. The molecular weight excluding hydrogens is 390 g/mol. The zero-order chi connectivity index (χ0) is 21.0. The average molecular weight is 416 g/mol. The Morgan fingerprint density at radius 1 is 1.14 bits per heavy atom. The molecular formula is C21H25N3O4S. The Bertz CT molecular complexity index is 995. The number of aryl methyl sites for hydroxylation is 1. The molecule has 1 aromatic heterocycles. The standard InChI is InChI=1S/C21H25N3O4S/c1-3-29(27,28)18-6-4-17(5-7-18)21(26)24-12-9-16(10-13-24)20(25)23-19-14-15(2)8-11-22-19/h4-8,11,14,16H,3,9-10,12-13H2,1-2H3,(H,22,23,25). The number of sulfone groups is 1. The van der Waals surface area contributed by atoms with Crippen LogP contribution in [0.1, 0.15) is 35.7 Å². The molecule has 2 heterocycles. The fourth-order valence-corrected chi connectivity index (χ4v) is 4.22. The fraction of sp³-hybridized carbons (Fsp3) is 0.381. The third-order valence-electron chi connectivity index (χ3n) is 5.16. The number of benzene rings is 1. The lowest BCUT2D eigenvalue weighted by atomic mass is 9.95. The molecule has 0 bridgehead atoms. The number of pyridine rings is 1. The number of carbonyl (C=O) groups is 2. The zero-order valence-electron chi connectivity index (χ0n) is 16.6. The summed E-state index contributed by atoms with van der Waals surface area (Å²) in [6.07, 6.45) is 2.81. The smallest absolute Gasteiger partial charge is 0.253 e. The Morgan fingerprint density at radius 3 is 2.38 bits per heavy atom. The van der Waals surface area contributed by atoms with Crippen molar-refractivity contribution in [3.05, 3.63) is 53.7 Å². The van der Waals surface area contributed by atoms with Crippen molar-refractivity contribution >= 4 is 27.5 Å². The van der Waals surface area contributed by atoms with Crippen LogP contribution in [0.3, 0.4) is 0 Å². The highest BCUT2D eigenvalue weighted by molar-refractivity contribution is 7.91. The molecule has 1 aliphatic heterocycles. The summed E-state index contributed by atoms with van der Waals surface area (Å²) >= 11 is 0. The van der Waals surface area contributed by atoms with Gasteiger partial charge in [0.2, 0.25) is 5.91 Å². The predicted octanol–water partition coefficient (Wildman–Crippen LogP) is 2.67. The minimum Gasteiger partial charge on any atom is -0.339 e. The number of rotatable bonds is 5. The molecule has 1 aromatic carbocycles. The molecule has 0 aliphatic carbocycles. The Balaban J connectivity index is 1.57. The van der Waals surface area contributed by atoms with Crippen LogP contribution >= 0.6 is 0 Å². The van der Waals surface area contributed by atoms with E-state index in [9.17, 15) is 18.0 Å². The number of amides is 2. The summed E-state index contributed by atoms with van der Waals surface area (Å²) in [5, 5.41) is 2.84. The van der Waals surface area contributed by atoms with Gasteiger partial charge in [0.05, 0.1) is 10.6 Å². The largest absolute Gasteiger partial charge is 0.339 e. The van der Waals surface area contributed by atoms with E-state index in [0.29, 0.717) is 37.3 Å². The summed E-state index contributed by atoms with van der Waals surface area (Å²) < 4.78 is 23.8. The van der Waals surface area contributed by atoms with E-state index in [2.05, 4.69) is 10.3 Å². The van der Waals surface area contributed by atoms with Crippen LogP contribution in [-0.4, -0.2) is 49.0 Å². The lowest BCUT2D eigenvalue weighted by Crippen LogP contribution is -2.41. The van der Waals surface area contributed by atoms with Crippen molar-refractivity contribution in [1.82, 2.24) is 9.88 Å². The van der Waals surface area contributed by atoms with Crippen LogP contribution in [0.15, 0.2) is 47.5 Å². The van der Waals surface area contributed by atoms with E-state index < -0.39 is 9.84 Å². The first-order chi connectivity index (χ1) is 13.8. The van der Waals surface area contributed by atoms with E-state index in [0.717, 1.165) is 5.56 Å². The summed E-state index contributed by atoms with van der Waals surface area (Å²) in [6.45, 7) is 4.48. The molecule has 1 aliphatic rings. The Hall–Kier alpha value is -2.74. The number of nitrogens with zero attached hydrogens (tertiary/aromatic N) is 2. The van der Waals surface area contributed by atoms with E-state index in [1.54, 1.807) is 30.2 Å². The summed E-state index contributed by atoms with van der Waals surface area (Å²) in [5.41, 5.74) is 1.47. The van der Waals surface area contributed by atoms with Crippen LogP contribution in [0.25, 0.3) is 0 Å². The molecule has 0 saturated carbocycles. The molecule has 3 rings (SSSR count). The van der Waals surface area contributed by atoms with Gasteiger partial charge in [0.15, 0.2) is 9.84 Å². The third-order valence-corrected chi connectivity index (χ3v) is 6.91. The van der Waals surface area contributed by atoms with Gasteiger partial charge >= 0.3 is 0 Å². The van der Waals surface area contributed by atoms with E-state index in [1.807, 2.05) is 19.1 Å². The van der Waals surface area contributed by atoms with Crippen molar-refractivity contribution in [2.75, 3.05) is 24.2 Å². The van der Waals surface area contributed by atoms with Crippen molar-refractivity contribution in [1.29, 1.82) is 0 Å². The summed E-state index contributed by atoms with van der Waals surface area (Å²) in [7, 11) is -3.29. The van der Waals surface area contributed by atoms with Gasteiger partial charge in [0.1, 0.15) is 5.82 Å². The van der Waals surface area contributed by atoms with Crippen LogP contribution in [0.4, 0.5) is 5.82 Å². The monoisotopic (exact) mass is 415 g/mol. The minimum atomic E-state index is -3.29. The highest BCUT2D eigenvalue weighted by Gasteiger charge is 2.28. The van der Waals surface area contributed by atoms with Gasteiger partial charge < -0.3 is 10.2 Å². The van der Waals surface area contributed by atoms with E-state index in [1.165, 1.54) is 12.1 Å². The predicted molar refractivity (Wildman–Crippen MR) is 110 cm³/mol. The van der Waals surface area contributed by atoms with Crippen molar-refractivity contribution in [2.45, 2.75) is 31.6 Å². The Morgan fingerprint density at radius 2 is 1.79 bits per heavy atom. The van der Waals surface area contributed by atoms with Crippen molar-refractivity contribution < 1.29 is 18.0 Å². The maximum absolute atomic E-state index is 12.7. The van der Waals surface area contributed by atoms with Crippen LogP contribution in [0.5, 0.6) is 0 Å². The lowest BCUT2D eigenvalue weighted by Gasteiger charge is -2.31. The highest BCUT2D eigenvalue weighted by atomic mass is 32.2. The molecule has 2 aromatic rings. The molecule has 29 heavy (non-hydrogen) atoms. The topological polar surface area (TPSA) is 96.4 Å². The van der Waals surface area contributed by atoms with Crippen LogP contribution in [0.2, 0.25) is 0 Å². The second kappa shape index (κ2) is 8.73. The number of hydrogen-bond donors (Lipinski definition) is 1. The van der Waals surface area contributed by atoms with Gasteiger partial charge in [0.25, 0.3) is 5.91 Å². The number of likely N-dealkylation sites (tertiary alicyclic amines) is 1. The van der Waals surface area contributed by atoms with Crippen LogP contribution in [0, 0.1) is 12.8 Å². The van der Waals surface area contributed by atoms with Crippen LogP contribution in [-0.2, 0) is 14.6 Å². The second-order valence-electron chi connectivity index (χ2n) is 7.20. The van der Waals surface area contributed by atoms with E-state index in [4.69, 9.17) is 0 Å². The summed E-state index contributed by atoms with van der Waals surface area (Å²) in [6, 6.07) is 9.73. The van der Waals surface area contributed by atoms with E-state index in [-0.39, 0.29) is 28.4 Å². The van der Waals surface area contributed by atoms with Crippen molar-refractivity contribution in [3.8, 4) is 0 Å². The Kier molecular flexibility index (Phi) is 6.32. The minimum absolute atomic E-state index is 0.0218. The Labute approximate surface area is 171 Å². The first kappa shape index (κ1) is 21.0. The number of nitrogens with one attached hydrogen (secondary N) is 1. The third kappa shape index (κ3) is 5.00. The molecule has 1 fully saturated rings. The first-order valence-electron chi connectivity index (χ1n) is 9.66. The number of carbonyl (C=O) groups excluding carboxylic acids is 2. The van der Waals surface area contributed by atoms with Crippen molar-refractivity contribution in [2.24, 2.45) is 5.92 Å². The van der Waals surface area contributed by atoms with Gasteiger partial charge in [-0.2, -0.15) is 0 Å². The molecule has 0 radical (unpaired) electrons. The van der Waals surface area contributed by atoms with Gasteiger partial charge in [-0.1, -0.05) is 6.92 Å². The molecule has 2 amide bonds. The summed E-state index contributed by atoms with van der Waals surface area (Å²) in [5.74, 6) is 0.163. The number of anilines is 1. The molecule has 1 saturated heterocycles. The van der Waals surface area contributed by atoms with Gasteiger partial charge in [-0.25, -0.2) is 13.4 Å². The lowest BCUT2D eigenvalue weighted by molar-refractivity contribution is -0.121. The van der Waals surface area contributed by atoms with Gasteiger partial charge in [-0.3, -0.25) is 9.59 Å². The number of piperidine rings is 1. The second-order valence-corrected chi connectivity index (χ2v) is 9.48. The molecule has 0 unspecified atom stereocenters. The number of aromatic nitrogens is 1. The molecule has 0 atom stereocenters. The van der Waals surface area contributed by atoms with Gasteiger partial charge in [0, 0.05) is 30.8 Å². The normalized spacial score (nSPS) is 15.2. The molecule has 0 spiro atoms. The maximum Gasteiger partial charge on any atom is 0.253 e. The van der Waals surface area contributed by atoms with Gasteiger partial charge in [-0.15, -0.1) is 0 Å². The molecule has 7 nitrogen and oxygen atoms in total. The van der Waals surface area contributed by atoms with Crippen LogP contribution < -0.4 is 5.32 Å². The molecule has 8 heteroatoms. The van der Waals surface area contributed by atoms with E-state index >= 15 is 0 Å². The fourth-order valence-electron chi connectivity index (χ4n) is 3.33. The zero-order valence-corrected chi connectivity index (χ0v) is 17.4. The molecule has 1 N–H and O–H groups in total. The quantitative estimate of drug-likeness (QED) is 0.810. The highest BCUT2D eigenvalue weighted by Crippen LogP contribution is 2.21. The van der Waals surface area contributed by atoms with Gasteiger partial charge in [-0.05, 0) is 61.7 Å². The molecule has 154 valence electrons. The first-order valence-corrected chi connectivity index (χ1v) is 11.3. The summed E-state index contributed by atoms with van der Waals surface area (Å²) in [4.78, 5) is 31.2. The van der Waals surface area contributed by atoms with Crippen molar-refractivity contribution in [3.63, 3.8) is 0 Å².